The minimum absolute atomic E-state index is 0.301. The van der Waals surface area contributed by atoms with Gasteiger partial charge >= 0.3 is 0 Å². The maximum atomic E-state index is 13.3. The zero-order chi connectivity index (χ0) is 23.4. The van der Waals surface area contributed by atoms with Crippen LogP contribution in [0.3, 0.4) is 0 Å². The average molecular weight is 466 g/mol. The first kappa shape index (κ1) is 22.8. The van der Waals surface area contributed by atoms with Crippen LogP contribution >= 0.6 is 11.8 Å². The fourth-order valence-corrected chi connectivity index (χ4v) is 4.05. The third-order valence-corrected chi connectivity index (χ3v) is 6.05. The van der Waals surface area contributed by atoms with Crippen molar-refractivity contribution < 1.29 is 19.0 Å². The van der Waals surface area contributed by atoms with Gasteiger partial charge in [0.15, 0.2) is 0 Å². The summed E-state index contributed by atoms with van der Waals surface area (Å²) < 4.78 is 21.3. The lowest BCUT2D eigenvalue weighted by atomic mass is 10.0. The van der Waals surface area contributed by atoms with Crippen molar-refractivity contribution in [2.75, 3.05) is 12.9 Å². The van der Waals surface area contributed by atoms with Gasteiger partial charge in [-0.05, 0) is 73.3 Å². The van der Waals surface area contributed by atoms with Gasteiger partial charge in [0, 0.05) is 10.3 Å². The number of amides is 1. The van der Waals surface area contributed by atoms with Crippen LogP contribution < -0.4 is 10.1 Å². The molecule has 1 amide bonds. The molecule has 3 aromatic carbocycles. The number of fused-ring (bicyclic) bond motifs is 1. The normalized spacial score (nSPS) is 13.0. The van der Waals surface area contributed by atoms with Gasteiger partial charge in [-0.1, -0.05) is 12.1 Å². The topological polar surface area (TPSA) is 76.4 Å². The number of aliphatic hydroxyl groups is 1. The van der Waals surface area contributed by atoms with Crippen LogP contribution in [0.25, 0.3) is 16.6 Å². The third kappa shape index (κ3) is 5.18. The molecule has 33 heavy (non-hydrogen) atoms. The minimum Gasteiger partial charge on any atom is -0.484 e. The molecule has 170 valence electrons. The summed E-state index contributed by atoms with van der Waals surface area (Å²) in [5.74, 6) is -0.150. The van der Waals surface area contributed by atoms with Crippen LogP contribution in [0.15, 0.2) is 77.8 Å². The van der Waals surface area contributed by atoms with E-state index < -0.39 is 18.6 Å². The molecule has 1 aromatic heterocycles. The largest absolute Gasteiger partial charge is 0.484 e. The molecule has 0 fully saturated rings. The number of rotatable bonds is 8. The highest BCUT2D eigenvalue weighted by Gasteiger charge is 2.23. The summed E-state index contributed by atoms with van der Waals surface area (Å²) in [6.07, 6.45) is 3.26. The number of benzene rings is 3. The van der Waals surface area contributed by atoms with Crippen molar-refractivity contribution in [2.45, 2.75) is 24.0 Å². The molecule has 0 unspecified atom stereocenters. The monoisotopic (exact) mass is 465 g/mol. The summed E-state index contributed by atoms with van der Waals surface area (Å²) >= 11 is 1.64. The van der Waals surface area contributed by atoms with Crippen LogP contribution in [0, 0.1) is 5.82 Å². The van der Waals surface area contributed by atoms with Gasteiger partial charge in [0.1, 0.15) is 24.3 Å². The number of nitrogens with one attached hydrogen (secondary N) is 1. The predicted octanol–water partition coefficient (Wildman–Crippen LogP) is 4.50. The van der Waals surface area contributed by atoms with Crippen LogP contribution in [0.1, 0.15) is 18.6 Å². The molecule has 4 rings (SSSR count). The number of thioether (sulfide) groups is 1. The van der Waals surface area contributed by atoms with Gasteiger partial charge in [-0.25, -0.2) is 9.07 Å². The van der Waals surface area contributed by atoms with E-state index in [1.165, 1.54) is 12.1 Å². The molecule has 0 radical (unpaired) electrons. The Morgan fingerprint density at radius 2 is 1.88 bits per heavy atom. The zero-order valence-corrected chi connectivity index (χ0v) is 19.1. The van der Waals surface area contributed by atoms with E-state index in [0.717, 1.165) is 27.0 Å². The Morgan fingerprint density at radius 1 is 1.15 bits per heavy atom. The van der Waals surface area contributed by atoms with Crippen molar-refractivity contribution in [2.24, 2.45) is 0 Å². The van der Waals surface area contributed by atoms with E-state index in [1.807, 2.05) is 55.6 Å². The Kier molecular flexibility index (Phi) is 6.96. The molecule has 0 spiro atoms. The Morgan fingerprint density at radius 3 is 2.55 bits per heavy atom. The molecular formula is C25H24FN3O3S. The smallest absolute Gasteiger partial charge is 0.246 e. The van der Waals surface area contributed by atoms with Crippen molar-refractivity contribution in [1.82, 2.24) is 15.1 Å². The van der Waals surface area contributed by atoms with Crippen molar-refractivity contribution in [3.8, 4) is 11.4 Å². The molecule has 4 aromatic rings. The second-order valence-electron chi connectivity index (χ2n) is 7.58. The van der Waals surface area contributed by atoms with Gasteiger partial charge in [0.05, 0.1) is 23.4 Å². The van der Waals surface area contributed by atoms with Crippen molar-refractivity contribution >= 4 is 28.6 Å². The molecule has 0 saturated heterocycles. The molecule has 0 saturated carbocycles. The predicted molar refractivity (Wildman–Crippen MR) is 127 cm³/mol. The summed E-state index contributed by atoms with van der Waals surface area (Å²) in [5, 5.41) is 17.2. The number of hydrogen-bond donors (Lipinski definition) is 2. The Labute approximate surface area is 195 Å². The van der Waals surface area contributed by atoms with Gasteiger partial charge in [-0.2, -0.15) is 5.10 Å². The number of halogens is 1. The zero-order valence-electron chi connectivity index (χ0n) is 18.2. The SMILES string of the molecule is CSc1ccc([C@H](Oc2ccc3c(cnn3-c3ccc(F)cc3)c2)[C@H](C)NC(=O)CO)cc1. The number of aromatic nitrogens is 2. The first-order valence-corrected chi connectivity index (χ1v) is 11.7. The molecule has 6 nitrogen and oxygen atoms in total. The second-order valence-corrected chi connectivity index (χ2v) is 8.46. The van der Waals surface area contributed by atoms with E-state index in [0.29, 0.717) is 5.75 Å². The van der Waals surface area contributed by atoms with Crippen molar-refractivity contribution in [3.05, 3.63) is 84.3 Å². The van der Waals surface area contributed by atoms with Crippen LogP contribution in [0.5, 0.6) is 5.75 Å². The third-order valence-electron chi connectivity index (χ3n) is 5.30. The van der Waals surface area contributed by atoms with Gasteiger partial charge in [0.25, 0.3) is 0 Å². The fraction of sp³-hybridized carbons (Fsp3) is 0.200. The first-order chi connectivity index (χ1) is 16.0. The maximum absolute atomic E-state index is 13.3. The number of hydrogen-bond acceptors (Lipinski definition) is 5. The van der Waals surface area contributed by atoms with Crippen LogP contribution in [0.4, 0.5) is 4.39 Å². The summed E-state index contributed by atoms with van der Waals surface area (Å²) in [6.45, 7) is 1.25. The van der Waals surface area contributed by atoms with Gasteiger partial charge in [-0.3, -0.25) is 4.79 Å². The molecule has 2 N–H and O–H groups in total. The summed E-state index contributed by atoms with van der Waals surface area (Å²) in [4.78, 5) is 12.9. The number of ether oxygens (including phenoxy) is 1. The molecule has 2 atom stereocenters. The highest BCUT2D eigenvalue weighted by atomic mass is 32.2. The highest BCUT2D eigenvalue weighted by Crippen LogP contribution is 2.30. The second kappa shape index (κ2) is 10.1. The fourth-order valence-electron chi connectivity index (χ4n) is 3.65. The lowest BCUT2D eigenvalue weighted by Crippen LogP contribution is -2.40. The number of carbonyl (C=O) groups is 1. The van der Waals surface area contributed by atoms with Crippen LogP contribution in [-0.2, 0) is 4.79 Å². The van der Waals surface area contributed by atoms with Gasteiger partial charge in [0.2, 0.25) is 5.91 Å². The summed E-state index contributed by atoms with van der Waals surface area (Å²) in [5.41, 5.74) is 2.52. The standard InChI is InChI=1S/C25H24FN3O3S/c1-16(28-24(31)15-30)25(17-3-10-22(33-2)11-4-17)32-21-9-12-23-18(13-21)14-27-29(23)20-7-5-19(26)6-8-20/h3-14,16,25,30H,15H2,1-2H3,(H,28,31)/t16-,25+/m0/s1. The number of aliphatic hydroxyl groups excluding tert-OH is 1. The molecule has 1 heterocycles. The van der Waals surface area contributed by atoms with E-state index in [1.54, 1.807) is 34.8 Å². The highest BCUT2D eigenvalue weighted by molar-refractivity contribution is 7.98. The van der Waals surface area contributed by atoms with E-state index in [-0.39, 0.29) is 11.9 Å². The molecular weight excluding hydrogens is 441 g/mol. The molecule has 0 bridgehead atoms. The Bertz CT molecular complexity index is 1240. The Balaban J connectivity index is 1.63. The molecule has 8 heteroatoms. The van der Waals surface area contributed by atoms with E-state index >= 15 is 0 Å². The molecule has 0 aliphatic carbocycles. The van der Waals surface area contributed by atoms with Gasteiger partial charge < -0.3 is 15.2 Å². The van der Waals surface area contributed by atoms with E-state index in [4.69, 9.17) is 9.84 Å². The summed E-state index contributed by atoms with van der Waals surface area (Å²) in [6, 6.07) is 19.3. The quantitative estimate of drug-likeness (QED) is 0.375. The van der Waals surface area contributed by atoms with Crippen molar-refractivity contribution in [1.29, 1.82) is 0 Å². The van der Waals surface area contributed by atoms with Crippen molar-refractivity contribution in [3.63, 3.8) is 0 Å². The minimum atomic E-state index is -0.586. The first-order valence-electron chi connectivity index (χ1n) is 10.4. The number of nitrogens with zero attached hydrogens (tertiary/aromatic N) is 2. The van der Waals surface area contributed by atoms with E-state index in [2.05, 4.69) is 10.4 Å². The molecule has 0 aliphatic heterocycles. The Hall–Kier alpha value is -3.36. The average Bonchev–Trinajstić information content (AvgIpc) is 3.26. The number of carbonyl (C=O) groups excluding carboxylic acids is 1. The van der Waals surface area contributed by atoms with Crippen LogP contribution in [0.2, 0.25) is 0 Å². The van der Waals surface area contributed by atoms with E-state index in [9.17, 15) is 9.18 Å². The lowest BCUT2D eigenvalue weighted by Gasteiger charge is -2.26. The maximum Gasteiger partial charge on any atom is 0.246 e. The molecule has 0 aliphatic rings. The summed E-state index contributed by atoms with van der Waals surface area (Å²) in [7, 11) is 0. The van der Waals surface area contributed by atoms with Gasteiger partial charge in [-0.15, -0.1) is 11.8 Å². The lowest BCUT2D eigenvalue weighted by molar-refractivity contribution is -0.125. The van der Waals surface area contributed by atoms with Crippen LogP contribution in [-0.4, -0.2) is 39.7 Å².